The maximum Gasteiger partial charge on any atom is 0.333 e. The quantitative estimate of drug-likeness (QED) is 0.302. The van der Waals surface area contributed by atoms with E-state index in [1.807, 2.05) is 0 Å². The Bertz CT molecular complexity index is 232. The molecule has 0 aromatic carbocycles. The molecule has 0 aliphatic rings. The summed E-state index contributed by atoms with van der Waals surface area (Å²) in [5, 5.41) is 9.12. The Morgan fingerprint density at radius 1 is 1.50 bits per heavy atom. The lowest BCUT2D eigenvalue weighted by Crippen LogP contribution is -2.34. The molecular weight excluding hydrogens is 234 g/mol. The van der Waals surface area contributed by atoms with Gasteiger partial charge < -0.3 is 9.84 Å². The van der Waals surface area contributed by atoms with Crippen molar-refractivity contribution in [2.24, 2.45) is 0 Å². The summed E-state index contributed by atoms with van der Waals surface area (Å²) in [5.74, 6) is 0.472. The van der Waals surface area contributed by atoms with Crippen LogP contribution in [0.4, 0.5) is 0 Å². The van der Waals surface area contributed by atoms with E-state index in [0.29, 0.717) is 18.9 Å². The minimum atomic E-state index is -4.24. The molecule has 0 saturated heterocycles. The van der Waals surface area contributed by atoms with Gasteiger partial charge in [0.2, 0.25) is 0 Å². The fourth-order valence-electron chi connectivity index (χ4n) is 0.636. The molecule has 0 saturated carbocycles. The Morgan fingerprint density at radius 3 is 2.64 bits per heavy atom. The summed E-state index contributed by atoms with van der Waals surface area (Å²) in [6.45, 7) is 0.131. The van der Waals surface area contributed by atoms with E-state index in [-0.39, 0.29) is 13.2 Å². The Balaban J connectivity index is 3.42. The molecule has 1 atom stereocenters. The standard InChI is InChI=1S/C6H14ClNO5S/c7-2-1-3-13-5-6(9)4-8-14(10,11)12/h6,8-9H,1-5H2,(H,10,11,12). The summed E-state index contributed by atoms with van der Waals surface area (Å²) in [6, 6.07) is 0. The van der Waals surface area contributed by atoms with Crippen LogP contribution in [0.3, 0.4) is 0 Å². The zero-order valence-corrected chi connectivity index (χ0v) is 9.09. The van der Waals surface area contributed by atoms with Crippen molar-refractivity contribution >= 4 is 21.9 Å². The number of aliphatic hydroxyl groups is 1. The zero-order valence-electron chi connectivity index (χ0n) is 7.52. The third kappa shape index (κ3) is 10.2. The van der Waals surface area contributed by atoms with Gasteiger partial charge in [-0.05, 0) is 6.42 Å². The number of halogens is 1. The molecule has 3 N–H and O–H groups in total. The number of hydrogen-bond acceptors (Lipinski definition) is 4. The predicted octanol–water partition coefficient (Wildman–Crippen LogP) is -0.615. The summed E-state index contributed by atoms with van der Waals surface area (Å²) >= 11 is 5.37. The summed E-state index contributed by atoms with van der Waals surface area (Å²) in [5.41, 5.74) is 0. The third-order valence-corrected chi connectivity index (χ3v) is 2.03. The summed E-state index contributed by atoms with van der Waals surface area (Å²) < 4.78 is 35.3. The average Bonchev–Trinajstić information content (AvgIpc) is 2.08. The number of aliphatic hydroxyl groups excluding tert-OH is 1. The molecule has 6 nitrogen and oxygen atoms in total. The van der Waals surface area contributed by atoms with Crippen LogP contribution >= 0.6 is 11.6 Å². The van der Waals surface area contributed by atoms with Crippen LogP contribution in [0, 0.1) is 0 Å². The van der Waals surface area contributed by atoms with E-state index in [0.717, 1.165) is 0 Å². The van der Waals surface area contributed by atoms with Gasteiger partial charge in [-0.1, -0.05) is 0 Å². The smallest absolute Gasteiger partial charge is 0.333 e. The molecule has 1 unspecified atom stereocenters. The Kier molecular flexibility index (Phi) is 7.42. The first-order chi connectivity index (χ1) is 6.45. The minimum absolute atomic E-state index is 0.000586. The van der Waals surface area contributed by atoms with E-state index >= 15 is 0 Å². The largest absolute Gasteiger partial charge is 0.389 e. The van der Waals surface area contributed by atoms with Crippen LogP contribution < -0.4 is 4.72 Å². The van der Waals surface area contributed by atoms with E-state index in [1.165, 1.54) is 0 Å². The molecule has 86 valence electrons. The van der Waals surface area contributed by atoms with Gasteiger partial charge in [-0.3, -0.25) is 4.55 Å². The number of nitrogens with one attached hydrogen (secondary N) is 1. The molecule has 0 bridgehead atoms. The van der Waals surface area contributed by atoms with Crippen molar-refractivity contribution in [1.82, 2.24) is 4.72 Å². The van der Waals surface area contributed by atoms with Crippen LogP contribution in [-0.2, 0) is 15.0 Å². The van der Waals surface area contributed by atoms with Crippen molar-refractivity contribution in [3.63, 3.8) is 0 Å². The van der Waals surface area contributed by atoms with Crippen molar-refractivity contribution < 1.29 is 22.8 Å². The van der Waals surface area contributed by atoms with Crippen LogP contribution in [0.25, 0.3) is 0 Å². The molecular formula is C6H14ClNO5S. The molecule has 8 heteroatoms. The van der Waals surface area contributed by atoms with E-state index in [9.17, 15) is 8.42 Å². The summed E-state index contributed by atoms with van der Waals surface area (Å²) in [4.78, 5) is 0. The molecule has 0 fully saturated rings. The highest BCUT2D eigenvalue weighted by Gasteiger charge is 2.08. The van der Waals surface area contributed by atoms with Crippen molar-refractivity contribution in [3.05, 3.63) is 0 Å². The van der Waals surface area contributed by atoms with Gasteiger partial charge in [-0.15, -0.1) is 11.6 Å². The molecule has 0 amide bonds. The molecule has 0 spiro atoms. The first-order valence-electron chi connectivity index (χ1n) is 3.99. The summed E-state index contributed by atoms with van der Waals surface area (Å²) in [6.07, 6.45) is -0.313. The van der Waals surface area contributed by atoms with E-state index in [2.05, 4.69) is 0 Å². The Labute approximate surface area is 88.1 Å². The van der Waals surface area contributed by atoms with Crippen molar-refractivity contribution in [3.8, 4) is 0 Å². The van der Waals surface area contributed by atoms with E-state index in [1.54, 1.807) is 4.72 Å². The van der Waals surface area contributed by atoms with Gasteiger partial charge in [0.1, 0.15) is 0 Å². The van der Waals surface area contributed by atoms with Crippen molar-refractivity contribution in [1.29, 1.82) is 0 Å². The van der Waals surface area contributed by atoms with Gasteiger partial charge in [0.05, 0.1) is 12.7 Å². The van der Waals surface area contributed by atoms with Crippen LogP contribution in [0.1, 0.15) is 6.42 Å². The predicted molar refractivity (Wildman–Crippen MR) is 51.7 cm³/mol. The topological polar surface area (TPSA) is 95.9 Å². The second kappa shape index (κ2) is 7.38. The van der Waals surface area contributed by atoms with Gasteiger partial charge in [0.15, 0.2) is 0 Å². The number of alkyl halides is 1. The lowest BCUT2D eigenvalue weighted by molar-refractivity contribution is 0.0399. The number of ether oxygens (including phenoxy) is 1. The molecule has 0 rings (SSSR count). The van der Waals surface area contributed by atoms with Crippen molar-refractivity contribution in [2.45, 2.75) is 12.5 Å². The van der Waals surface area contributed by atoms with Crippen LogP contribution in [-0.4, -0.2) is 49.8 Å². The highest BCUT2D eigenvalue weighted by atomic mass is 35.5. The van der Waals surface area contributed by atoms with Gasteiger partial charge >= 0.3 is 10.3 Å². The Morgan fingerprint density at radius 2 is 2.14 bits per heavy atom. The molecule has 0 aromatic rings. The zero-order chi connectivity index (χ0) is 11.0. The van der Waals surface area contributed by atoms with E-state index in [4.69, 9.17) is 26.0 Å². The maximum atomic E-state index is 10.2. The summed E-state index contributed by atoms with van der Waals surface area (Å²) in [7, 11) is -4.24. The molecule has 0 aromatic heterocycles. The van der Waals surface area contributed by atoms with Gasteiger partial charge in [0.25, 0.3) is 0 Å². The lowest BCUT2D eigenvalue weighted by Gasteiger charge is -2.10. The fraction of sp³-hybridized carbons (Fsp3) is 1.00. The molecule has 0 aliphatic heterocycles. The fourth-order valence-corrected chi connectivity index (χ4v) is 1.15. The molecule has 14 heavy (non-hydrogen) atoms. The molecule has 0 aliphatic carbocycles. The van der Waals surface area contributed by atoms with Crippen LogP contribution in [0.15, 0.2) is 0 Å². The van der Waals surface area contributed by atoms with Crippen molar-refractivity contribution in [2.75, 3.05) is 25.6 Å². The second-order valence-electron chi connectivity index (χ2n) is 2.59. The molecule has 0 heterocycles. The Hall–Kier alpha value is 0.0800. The first kappa shape index (κ1) is 14.1. The van der Waals surface area contributed by atoms with Gasteiger partial charge in [-0.2, -0.15) is 13.1 Å². The second-order valence-corrected chi connectivity index (χ2v) is 4.21. The van der Waals surface area contributed by atoms with Crippen LogP contribution in [0.2, 0.25) is 0 Å². The molecule has 0 radical (unpaired) electrons. The number of hydrogen-bond donors (Lipinski definition) is 3. The lowest BCUT2D eigenvalue weighted by atomic mass is 10.4. The van der Waals surface area contributed by atoms with Crippen LogP contribution in [0.5, 0.6) is 0 Å². The first-order valence-corrected chi connectivity index (χ1v) is 5.97. The van der Waals surface area contributed by atoms with E-state index < -0.39 is 16.4 Å². The monoisotopic (exact) mass is 247 g/mol. The SMILES string of the molecule is O=S(=O)(O)NCC(O)COCCCCl. The highest BCUT2D eigenvalue weighted by Crippen LogP contribution is 1.89. The van der Waals surface area contributed by atoms with Gasteiger partial charge in [-0.25, -0.2) is 0 Å². The van der Waals surface area contributed by atoms with Gasteiger partial charge in [0, 0.05) is 19.0 Å². The highest BCUT2D eigenvalue weighted by molar-refractivity contribution is 7.83. The maximum absolute atomic E-state index is 10.2. The third-order valence-electron chi connectivity index (χ3n) is 1.23. The normalized spacial score (nSPS) is 14.2. The minimum Gasteiger partial charge on any atom is -0.389 e. The average molecular weight is 248 g/mol. The number of rotatable bonds is 8.